The van der Waals surface area contributed by atoms with Gasteiger partial charge in [-0.25, -0.2) is 4.98 Å². The number of nitrogens with zero attached hydrogens (tertiary/aromatic N) is 2. The summed E-state index contributed by atoms with van der Waals surface area (Å²) < 4.78 is 1.53. The summed E-state index contributed by atoms with van der Waals surface area (Å²) in [6.07, 6.45) is 2.06. The van der Waals surface area contributed by atoms with Crippen LogP contribution in [0.4, 0.5) is 0 Å². The predicted octanol–water partition coefficient (Wildman–Crippen LogP) is 1.56. The third-order valence-electron chi connectivity index (χ3n) is 3.44. The number of aliphatic hydroxyl groups is 1. The van der Waals surface area contributed by atoms with E-state index in [4.69, 9.17) is 5.11 Å². The second-order valence-corrected chi connectivity index (χ2v) is 6.55. The van der Waals surface area contributed by atoms with Gasteiger partial charge >= 0.3 is 0 Å². The van der Waals surface area contributed by atoms with Crippen LogP contribution < -0.4 is 10.9 Å². The molecule has 0 aliphatic rings. The van der Waals surface area contributed by atoms with E-state index < -0.39 is 5.25 Å². The quantitative estimate of drug-likeness (QED) is 0.430. The number of hydrogen-bond acceptors (Lipinski definition) is 5. The normalized spacial score (nSPS) is 12.1. The zero-order valence-electron chi connectivity index (χ0n) is 13.6. The first-order valence-corrected chi connectivity index (χ1v) is 8.62. The van der Waals surface area contributed by atoms with E-state index in [2.05, 4.69) is 16.9 Å². The largest absolute Gasteiger partial charge is 0.396 e. The van der Waals surface area contributed by atoms with Crippen molar-refractivity contribution in [3.63, 3.8) is 0 Å². The molecular formula is C17H21N3O3S. The van der Waals surface area contributed by atoms with Gasteiger partial charge in [0.25, 0.3) is 5.56 Å². The molecule has 0 aliphatic heterocycles. The topological polar surface area (TPSA) is 84.2 Å². The first-order chi connectivity index (χ1) is 11.6. The Morgan fingerprint density at radius 1 is 1.50 bits per heavy atom. The molecule has 6 nitrogen and oxygen atoms in total. The summed E-state index contributed by atoms with van der Waals surface area (Å²) >= 11 is 1.23. The Kier molecular flexibility index (Phi) is 6.57. The summed E-state index contributed by atoms with van der Waals surface area (Å²) in [5.74, 6) is -0.143. The molecule has 0 bridgehead atoms. The molecular weight excluding hydrogens is 326 g/mol. The number of rotatable bonds is 8. The Bertz CT molecular complexity index is 788. The lowest BCUT2D eigenvalue weighted by atomic mass is 10.2. The molecule has 1 heterocycles. The summed E-state index contributed by atoms with van der Waals surface area (Å²) in [7, 11) is 0. The van der Waals surface area contributed by atoms with Crippen molar-refractivity contribution >= 4 is 28.6 Å². The number of aliphatic hydroxyl groups excluding tert-OH is 1. The molecule has 1 amide bonds. The maximum absolute atomic E-state index is 12.7. The number of thioether (sulfide) groups is 1. The van der Waals surface area contributed by atoms with Crippen molar-refractivity contribution in [1.29, 1.82) is 0 Å². The minimum absolute atomic E-state index is 0.0151. The molecule has 7 heteroatoms. The maximum Gasteiger partial charge on any atom is 0.262 e. The lowest BCUT2D eigenvalue weighted by molar-refractivity contribution is -0.120. The van der Waals surface area contributed by atoms with Crippen LogP contribution in [0.25, 0.3) is 10.9 Å². The summed E-state index contributed by atoms with van der Waals surface area (Å²) in [6, 6.07) is 7.12. The van der Waals surface area contributed by atoms with E-state index in [1.807, 2.05) is 6.07 Å². The van der Waals surface area contributed by atoms with Crippen molar-refractivity contribution < 1.29 is 9.90 Å². The third-order valence-corrected chi connectivity index (χ3v) is 4.53. The van der Waals surface area contributed by atoms with Gasteiger partial charge in [-0.3, -0.25) is 14.2 Å². The van der Waals surface area contributed by atoms with Gasteiger partial charge in [0.2, 0.25) is 5.91 Å². The van der Waals surface area contributed by atoms with Crippen molar-refractivity contribution in [3.8, 4) is 0 Å². The van der Waals surface area contributed by atoms with Gasteiger partial charge in [0.15, 0.2) is 5.16 Å². The third kappa shape index (κ3) is 4.24. The van der Waals surface area contributed by atoms with Crippen LogP contribution in [0.3, 0.4) is 0 Å². The smallest absolute Gasteiger partial charge is 0.262 e. The van der Waals surface area contributed by atoms with Crippen LogP contribution >= 0.6 is 11.8 Å². The Labute approximate surface area is 144 Å². The van der Waals surface area contributed by atoms with E-state index in [0.29, 0.717) is 35.6 Å². The molecule has 0 saturated heterocycles. The highest BCUT2D eigenvalue weighted by Gasteiger charge is 2.18. The Morgan fingerprint density at radius 3 is 2.96 bits per heavy atom. The van der Waals surface area contributed by atoms with Gasteiger partial charge in [0, 0.05) is 19.7 Å². The summed E-state index contributed by atoms with van der Waals surface area (Å²) in [5, 5.41) is 12.4. The van der Waals surface area contributed by atoms with Gasteiger partial charge in [-0.1, -0.05) is 30.0 Å². The molecule has 2 aromatic rings. The average molecular weight is 347 g/mol. The number of carbonyl (C=O) groups is 1. The molecule has 0 saturated carbocycles. The lowest BCUT2D eigenvalue weighted by Gasteiger charge is -2.15. The highest BCUT2D eigenvalue weighted by Crippen LogP contribution is 2.22. The molecule has 128 valence electrons. The highest BCUT2D eigenvalue weighted by atomic mass is 32.2. The fourth-order valence-corrected chi connectivity index (χ4v) is 3.15. The predicted molar refractivity (Wildman–Crippen MR) is 96.2 cm³/mol. The molecule has 0 spiro atoms. The second kappa shape index (κ2) is 8.65. The first kappa shape index (κ1) is 18.2. The van der Waals surface area contributed by atoms with Crippen LogP contribution in [0, 0.1) is 0 Å². The van der Waals surface area contributed by atoms with Crippen molar-refractivity contribution in [3.05, 3.63) is 47.3 Å². The molecule has 2 rings (SSSR count). The fourth-order valence-electron chi connectivity index (χ4n) is 2.19. The van der Waals surface area contributed by atoms with Gasteiger partial charge in [0.1, 0.15) is 0 Å². The molecule has 0 unspecified atom stereocenters. The van der Waals surface area contributed by atoms with Crippen LogP contribution in [0.5, 0.6) is 0 Å². The molecule has 0 radical (unpaired) electrons. The van der Waals surface area contributed by atoms with Crippen molar-refractivity contribution in [2.75, 3.05) is 13.2 Å². The van der Waals surface area contributed by atoms with Crippen molar-refractivity contribution in [1.82, 2.24) is 14.9 Å². The van der Waals surface area contributed by atoms with E-state index in [-0.39, 0.29) is 18.1 Å². The van der Waals surface area contributed by atoms with Crippen LogP contribution in [0.2, 0.25) is 0 Å². The zero-order valence-corrected chi connectivity index (χ0v) is 14.4. The molecule has 1 atom stereocenters. The van der Waals surface area contributed by atoms with Gasteiger partial charge in [-0.2, -0.15) is 0 Å². The second-order valence-electron chi connectivity index (χ2n) is 5.24. The first-order valence-electron chi connectivity index (χ1n) is 7.74. The summed E-state index contributed by atoms with van der Waals surface area (Å²) in [6.45, 7) is 6.07. The van der Waals surface area contributed by atoms with E-state index in [9.17, 15) is 9.59 Å². The number of aromatic nitrogens is 2. The average Bonchev–Trinajstić information content (AvgIpc) is 2.59. The highest BCUT2D eigenvalue weighted by molar-refractivity contribution is 8.00. The molecule has 1 aromatic heterocycles. The van der Waals surface area contributed by atoms with Crippen LogP contribution in [-0.4, -0.2) is 39.0 Å². The van der Waals surface area contributed by atoms with Crippen LogP contribution in [-0.2, 0) is 11.3 Å². The summed E-state index contributed by atoms with van der Waals surface area (Å²) in [5.41, 5.74) is 0.444. The number of fused-ring (bicyclic) bond motifs is 1. The van der Waals surface area contributed by atoms with Gasteiger partial charge < -0.3 is 10.4 Å². The minimum atomic E-state index is -0.404. The van der Waals surface area contributed by atoms with Crippen molar-refractivity contribution in [2.24, 2.45) is 0 Å². The standard InChI is InChI=1S/C17H21N3O3S/c1-3-9-18-15(22)12(2)24-17-19-14-8-5-4-7-13(14)16(23)20(17)10-6-11-21/h3-5,7-8,12,21H,1,6,9-11H2,2H3,(H,18,22)/t12-/m0/s1. The zero-order chi connectivity index (χ0) is 17.5. The Balaban J connectivity index is 2.37. The molecule has 1 aromatic carbocycles. The number of amides is 1. The lowest BCUT2D eigenvalue weighted by Crippen LogP contribution is -2.32. The number of carbonyl (C=O) groups excluding carboxylic acids is 1. The monoisotopic (exact) mass is 347 g/mol. The minimum Gasteiger partial charge on any atom is -0.396 e. The van der Waals surface area contributed by atoms with Gasteiger partial charge in [0.05, 0.1) is 16.2 Å². The van der Waals surface area contributed by atoms with E-state index in [0.717, 1.165) is 0 Å². The van der Waals surface area contributed by atoms with Crippen LogP contribution in [0.1, 0.15) is 13.3 Å². The van der Waals surface area contributed by atoms with Gasteiger partial charge in [-0.05, 0) is 25.5 Å². The maximum atomic E-state index is 12.7. The van der Waals surface area contributed by atoms with Gasteiger partial charge in [-0.15, -0.1) is 6.58 Å². The molecule has 0 aliphatic carbocycles. The Hall–Kier alpha value is -2.12. The molecule has 2 N–H and O–H groups in total. The van der Waals surface area contributed by atoms with Crippen LogP contribution in [0.15, 0.2) is 46.9 Å². The number of para-hydroxylation sites is 1. The van der Waals surface area contributed by atoms with E-state index in [1.54, 1.807) is 31.2 Å². The van der Waals surface area contributed by atoms with Crippen molar-refractivity contribution in [2.45, 2.75) is 30.3 Å². The number of nitrogens with one attached hydrogen (secondary N) is 1. The molecule has 0 fully saturated rings. The van der Waals surface area contributed by atoms with E-state index >= 15 is 0 Å². The number of benzene rings is 1. The SMILES string of the molecule is C=CCNC(=O)[C@H](C)Sc1nc2ccccc2c(=O)n1CCCO. The van der Waals surface area contributed by atoms with E-state index in [1.165, 1.54) is 16.3 Å². The Morgan fingerprint density at radius 2 is 2.25 bits per heavy atom. The fraction of sp³-hybridized carbons (Fsp3) is 0.353. The summed E-state index contributed by atoms with van der Waals surface area (Å²) in [4.78, 5) is 29.3. The molecule has 24 heavy (non-hydrogen) atoms. The number of hydrogen-bond donors (Lipinski definition) is 2.